The Hall–Kier alpha value is -1.88. The van der Waals surface area contributed by atoms with Crippen LogP contribution < -0.4 is 4.74 Å². The molecule has 0 radical (unpaired) electrons. The van der Waals surface area contributed by atoms with Gasteiger partial charge in [-0.25, -0.2) is 0 Å². The van der Waals surface area contributed by atoms with Crippen molar-refractivity contribution in [1.82, 2.24) is 4.98 Å². The van der Waals surface area contributed by atoms with E-state index in [1.807, 2.05) is 0 Å². The first kappa shape index (κ1) is 21.4. The molecule has 6 nitrogen and oxygen atoms in total. The second kappa shape index (κ2) is 8.87. The standard InChI is InChI=1S/C16H15ClF3NO5S/c1-23-13(22)10(14(24-2)25-3)8-6-4-5-7-9(8)26-15-21-12(17)11(27-15)16(18,19)20/h4-7,10,14H,1-3H3. The van der Waals surface area contributed by atoms with Crippen molar-refractivity contribution in [2.45, 2.75) is 18.4 Å². The van der Waals surface area contributed by atoms with Crippen LogP contribution in [0.2, 0.25) is 5.15 Å². The summed E-state index contributed by atoms with van der Waals surface area (Å²) in [6, 6.07) is 6.22. The highest BCUT2D eigenvalue weighted by molar-refractivity contribution is 7.14. The third kappa shape index (κ3) is 4.89. The van der Waals surface area contributed by atoms with E-state index >= 15 is 0 Å². The largest absolute Gasteiger partial charge is 0.468 e. The van der Waals surface area contributed by atoms with Crippen LogP contribution in [0.3, 0.4) is 0 Å². The number of aromatic nitrogens is 1. The molecule has 0 saturated carbocycles. The van der Waals surface area contributed by atoms with E-state index in [2.05, 4.69) is 4.98 Å². The quantitative estimate of drug-likeness (QED) is 0.481. The third-order valence-electron chi connectivity index (χ3n) is 3.47. The minimum absolute atomic E-state index is 0.0890. The molecule has 1 aromatic carbocycles. The minimum atomic E-state index is -4.65. The number of esters is 1. The third-order valence-corrected chi connectivity index (χ3v) is 4.83. The van der Waals surface area contributed by atoms with E-state index in [4.69, 9.17) is 30.5 Å². The molecular weight excluding hydrogens is 411 g/mol. The Morgan fingerprint density at radius 2 is 1.81 bits per heavy atom. The number of hydrogen-bond acceptors (Lipinski definition) is 7. The number of para-hydroxylation sites is 1. The van der Waals surface area contributed by atoms with Gasteiger partial charge in [0, 0.05) is 19.8 Å². The average molecular weight is 426 g/mol. The predicted octanol–water partition coefficient (Wildman–Crippen LogP) is 4.48. The molecule has 0 aliphatic rings. The van der Waals surface area contributed by atoms with Gasteiger partial charge in [0.2, 0.25) is 0 Å². The van der Waals surface area contributed by atoms with Crippen LogP contribution in [0, 0.1) is 0 Å². The first-order chi connectivity index (χ1) is 12.7. The normalized spacial score (nSPS) is 12.9. The summed E-state index contributed by atoms with van der Waals surface area (Å²) in [5, 5.41) is -1.04. The zero-order valence-corrected chi connectivity index (χ0v) is 15.9. The SMILES string of the molecule is COC(=O)C(c1ccccc1Oc1nc(Cl)c(C(F)(F)F)s1)C(OC)OC. The maximum Gasteiger partial charge on any atom is 0.428 e. The van der Waals surface area contributed by atoms with Crippen molar-refractivity contribution in [3.63, 3.8) is 0 Å². The lowest BCUT2D eigenvalue weighted by Gasteiger charge is -2.24. The number of alkyl halides is 3. The fraction of sp³-hybridized carbons (Fsp3) is 0.375. The van der Waals surface area contributed by atoms with Gasteiger partial charge in [0.1, 0.15) is 11.7 Å². The van der Waals surface area contributed by atoms with Gasteiger partial charge in [-0.15, -0.1) is 0 Å². The maximum absolute atomic E-state index is 12.9. The molecule has 0 amide bonds. The molecule has 0 aliphatic heterocycles. The van der Waals surface area contributed by atoms with Gasteiger partial charge in [0.15, 0.2) is 16.3 Å². The van der Waals surface area contributed by atoms with Gasteiger partial charge in [0.25, 0.3) is 5.19 Å². The van der Waals surface area contributed by atoms with Crippen LogP contribution in [0.4, 0.5) is 13.2 Å². The Bertz CT molecular complexity index is 795. The van der Waals surface area contributed by atoms with Gasteiger partial charge in [-0.2, -0.15) is 18.2 Å². The van der Waals surface area contributed by atoms with E-state index in [1.165, 1.54) is 27.4 Å². The maximum atomic E-state index is 12.9. The van der Waals surface area contributed by atoms with Gasteiger partial charge in [0.05, 0.1) is 7.11 Å². The van der Waals surface area contributed by atoms with Crippen LogP contribution >= 0.6 is 22.9 Å². The zero-order chi connectivity index (χ0) is 20.2. The number of halogens is 4. The van der Waals surface area contributed by atoms with E-state index in [0.717, 1.165) is 0 Å². The van der Waals surface area contributed by atoms with Gasteiger partial charge >= 0.3 is 12.1 Å². The number of carbonyl (C=O) groups excluding carboxylic acids is 1. The smallest absolute Gasteiger partial charge is 0.428 e. The van der Waals surface area contributed by atoms with Crippen LogP contribution in [0.5, 0.6) is 10.9 Å². The molecule has 0 fully saturated rings. The van der Waals surface area contributed by atoms with E-state index in [9.17, 15) is 18.0 Å². The Labute approximate surface area is 161 Å². The van der Waals surface area contributed by atoms with E-state index < -0.39 is 34.4 Å². The highest BCUT2D eigenvalue weighted by Crippen LogP contribution is 2.43. The predicted molar refractivity (Wildman–Crippen MR) is 91.2 cm³/mol. The number of carbonyl (C=O) groups is 1. The van der Waals surface area contributed by atoms with Gasteiger partial charge in [-0.1, -0.05) is 41.1 Å². The molecule has 0 saturated heterocycles. The van der Waals surface area contributed by atoms with Crippen molar-refractivity contribution in [2.75, 3.05) is 21.3 Å². The molecule has 1 heterocycles. The Morgan fingerprint density at radius 3 is 2.33 bits per heavy atom. The van der Waals surface area contributed by atoms with E-state index in [-0.39, 0.29) is 27.8 Å². The van der Waals surface area contributed by atoms with Crippen molar-refractivity contribution in [3.05, 3.63) is 39.9 Å². The summed E-state index contributed by atoms with van der Waals surface area (Å²) >= 11 is 5.80. The van der Waals surface area contributed by atoms with Crippen LogP contribution in [-0.4, -0.2) is 38.6 Å². The Kier molecular flexibility index (Phi) is 7.04. The molecule has 148 valence electrons. The fourth-order valence-corrected chi connectivity index (χ4v) is 3.34. The molecule has 11 heteroatoms. The van der Waals surface area contributed by atoms with Crippen molar-refractivity contribution in [3.8, 4) is 10.9 Å². The monoisotopic (exact) mass is 425 g/mol. The van der Waals surface area contributed by atoms with E-state index in [1.54, 1.807) is 18.2 Å². The zero-order valence-electron chi connectivity index (χ0n) is 14.4. The topological polar surface area (TPSA) is 66.9 Å². The molecule has 0 aliphatic carbocycles. The molecule has 2 rings (SSSR count). The second-order valence-electron chi connectivity index (χ2n) is 5.08. The molecule has 0 bridgehead atoms. The Morgan fingerprint density at radius 1 is 1.19 bits per heavy atom. The number of methoxy groups -OCH3 is 3. The molecule has 1 aromatic heterocycles. The molecular formula is C16H15ClF3NO5S. The molecule has 2 aromatic rings. The molecule has 0 N–H and O–H groups in total. The van der Waals surface area contributed by atoms with E-state index in [0.29, 0.717) is 0 Å². The van der Waals surface area contributed by atoms with Crippen LogP contribution in [0.15, 0.2) is 24.3 Å². The van der Waals surface area contributed by atoms with Crippen molar-refractivity contribution in [2.24, 2.45) is 0 Å². The van der Waals surface area contributed by atoms with Gasteiger partial charge in [-0.3, -0.25) is 4.79 Å². The summed E-state index contributed by atoms with van der Waals surface area (Å²) in [6.45, 7) is 0. The van der Waals surface area contributed by atoms with Crippen molar-refractivity contribution in [1.29, 1.82) is 0 Å². The Balaban J connectivity index is 2.44. The number of nitrogens with zero attached hydrogens (tertiary/aromatic N) is 1. The van der Waals surface area contributed by atoms with Crippen LogP contribution in [-0.2, 0) is 25.2 Å². The number of benzene rings is 1. The van der Waals surface area contributed by atoms with Crippen LogP contribution in [0.1, 0.15) is 16.4 Å². The van der Waals surface area contributed by atoms with Gasteiger partial charge < -0.3 is 18.9 Å². The summed E-state index contributed by atoms with van der Waals surface area (Å²) in [6.07, 6.45) is -5.66. The van der Waals surface area contributed by atoms with Crippen LogP contribution in [0.25, 0.3) is 0 Å². The fourth-order valence-electron chi connectivity index (χ4n) is 2.31. The summed E-state index contributed by atoms with van der Waals surface area (Å²) in [5.74, 6) is -1.63. The lowest BCUT2D eigenvalue weighted by Crippen LogP contribution is -2.30. The summed E-state index contributed by atoms with van der Waals surface area (Å²) < 4.78 is 59.3. The second-order valence-corrected chi connectivity index (χ2v) is 6.40. The number of thiazole rings is 1. The molecule has 1 atom stereocenters. The number of rotatable bonds is 7. The summed E-state index contributed by atoms with van der Waals surface area (Å²) in [7, 11) is 3.87. The molecule has 0 spiro atoms. The lowest BCUT2D eigenvalue weighted by atomic mass is 9.97. The first-order valence-corrected chi connectivity index (χ1v) is 8.56. The summed E-state index contributed by atoms with van der Waals surface area (Å²) in [5.41, 5.74) is 0.290. The minimum Gasteiger partial charge on any atom is -0.468 e. The average Bonchev–Trinajstić information content (AvgIpc) is 3.00. The highest BCUT2D eigenvalue weighted by Gasteiger charge is 2.38. The molecule has 1 unspecified atom stereocenters. The first-order valence-electron chi connectivity index (χ1n) is 7.36. The lowest BCUT2D eigenvalue weighted by molar-refractivity contribution is -0.163. The number of ether oxygens (including phenoxy) is 4. The van der Waals surface area contributed by atoms with Crippen molar-refractivity contribution >= 4 is 28.9 Å². The summed E-state index contributed by atoms with van der Waals surface area (Å²) in [4.78, 5) is 14.8. The number of hydrogen-bond donors (Lipinski definition) is 0. The highest BCUT2D eigenvalue weighted by atomic mass is 35.5. The van der Waals surface area contributed by atoms with Gasteiger partial charge in [-0.05, 0) is 6.07 Å². The molecule has 27 heavy (non-hydrogen) atoms. The van der Waals surface area contributed by atoms with Crippen molar-refractivity contribution < 1.29 is 36.9 Å².